The van der Waals surface area contributed by atoms with Gasteiger partial charge in [0.15, 0.2) is 0 Å². The van der Waals surface area contributed by atoms with E-state index in [1.54, 1.807) is 0 Å². The monoisotopic (exact) mass is 341 g/mol. The molecular weight excluding hydrogens is 318 g/mol. The minimum Gasteiger partial charge on any atom is -0.399 e. The summed E-state index contributed by atoms with van der Waals surface area (Å²) in [5, 5.41) is 5.37. The van der Waals surface area contributed by atoms with Gasteiger partial charge in [0.2, 0.25) is 11.8 Å². The lowest BCUT2D eigenvalue weighted by atomic mass is 10.0. The first-order valence-corrected chi connectivity index (χ1v) is 7.98. The third-order valence-electron chi connectivity index (χ3n) is 3.67. The molecule has 0 radical (unpaired) electrons. The van der Waals surface area contributed by atoms with Crippen molar-refractivity contribution in [3.05, 3.63) is 54.1 Å². The van der Waals surface area contributed by atoms with Crippen LogP contribution in [0.2, 0.25) is 0 Å². The van der Waals surface area contributed by atoms with Crippen molar-refractivity contribution < 1.29 is 14.3 Å². The molecule has 1 atom stereocenters. The van der Waals surface area contributed by atoms with E-state index in [-0.39, 0.29) is 18.4 Å². The molecule has 6 nitrogen and oxygen atoms in total. The second kappa shape index (κ2) is 8.84. The van der Waals surface area contributed by atoms with Crippen LogP contribution in [-0.4, -0.2) is 31.6 Å². The maximum absolute atomic E-state index is 12.1. The number of rotatable bonds is 7. The zero-order valence-electron chi connectivity index (χ0n) is 14.4. The summed E-state index contributed by atoms with van der Waals surface area (Å²) in [5.74, 6) is -0.555. The summed E-state index contributed by atoms with van der Waals surface area (Å²) in [6, 6.07) is 14.8. The molecule has 0 aliphatic carbocycles. The van der Waals surface area contributed by atoms with Gasteiger partial charge in [-0.25, -0.2) is 0 Å². The van der Waals surface area contributed by atoms with Crippen molar-refractivity contribution >= 4 is 17.5 Å². The highest BCUT2D eigenvalue weighted by molar-refractivity contribution is 5.86. The van der Waals surface area contributed by atoms with Gasteiger partial charge in [-0.05, 0) is 28.8 Å². The number of carbonyl (C=O) groups excluding carboxylic acids is 2. The number of ether oxygens (including phenoxy) is 1. The third kappa shape index (κ3) is 5.61. The Morgan fingerprint density at radius 3 is 2.44 bits per heavy atom. The van der Waals surface area contributed by atoms with E-state index in [0.29, 0.717) is 6.54 Å². The quantitative estimate of drug-likeness (QED) is 0.668. The Bertz CT molecular complexity index is 729. The molecule has 0 bridgehead atoms. The fraction of sp³-hybridized carbons (Fsp3) is 0.263. The molecule has 0 heterocycles. The molecule has 2 aromatic rings. The van der Waals surface area contributed by atoms with Crippen LogP contribution in [-0.2, 0) is 20.9 Å². The fourth-order valence-electron chi connectivity index (χ4n) is 2.44. The number of methoxy groups -OCH3 is 1. The Balaban J connectivity index is 1.96. The maximum Gasteiger partial charge on any atom is 0.245 e. The molecule has 132 valence electrons. The highest BCUT2D eigenvalue weighted by Gasteiger charge is 2.18. The number of hydrogen-bond acceptors (Lipinski definition) is 4. The van der Waals surface area contributed by atoms with Gasteiger partial charge in [0.05, 0.1) is 6.61 Å². The Morgan fingerprint density at radius 2 is 1.84 bits per heavy atom. The molecular formula is C19H23N3O3. The molecule has 0 aliphatic heterocycles. The first-order valence-electron chi connectivity index (χ1n) is 7.98. The second-order valence-corrected chi connectivity index (χ2v) is 5.75. The number of nitrogen functional groups attached to an aromatic ring is 1. The van der Waals surface area contributed by atoms with Crippen LogP contribution in [0.3, 0.4) is 0 Å². The first-order chi connectivity index (χ1) is 12.0. The Labute approximate surface area is 147 Å². The molecule has 0 unspecified atom stereocenters. The molecule has 0 aliphatic rings. The van der Waals surface area contributed by atoms with Crippen molar-refractivity contribution in [2.24, 2.45) is 0 Å². The number of hydrogen-bond donors (Lipinski definition) is 3. The average Bonchev–Trinajstić information content (AvgIpc) is 2.59. The van der Waals surface area contributed by atoms with Crippen molar-refractivity contribution in [3.63, 3.8) is 0 Å². The normalized spacial score (nSPS) is 11.6. The van der Waals surface area contributed by atoms with Gasteiger partial charge in [-0.1, -0.05) is 36.4 Å². The average molecular weight is 341 g/mol. The Kier molecular flexibility index (Phi) is 6.54. The van der Waals surface area contributed by atoms with Crippen LogP contribution in [0.4, 0.5) is 5.69 Å². The minimum absolute atomic E-state index is 0.125. The number of carbonyl (C=O) groups is 2. The molecule has 4 N–H and O–H groups in total. The van der Waals surface area contributed by atoms with Gasteiger partial charge in [0, 0.05) is 26.3 Å². The van der Waals surface area contributed by atoms with Gasteiger partial charge >= 0.3 is 0 Å². The SMILES string of the molecule is COC[C@@H](NC(C)=O)C(=O)NCc1ccc(-c2cccc(N)c2)cc1. The van der Waals surface area contributed by atoms with Gasteiger partial charge < -0.3 is 21.1 Å². The molecule has 6 heteroatoms. The first kappa shape index (κ1) is 18.5. The predicted molar refractivity (Wildman–Crippen MR) is 97.6 cm³/mol. The number of anilines is 1. The van der Waals surface area contributed by atoms with Crippen LogP contribution < -0.4 is 16.4 Å². The lowest BCUT2D eigenvalue weighted by Gasteiger charge is -2.16. The highest BCUT2D eigenvalue weighted by Crippen LogP contribution is 2.21. The summed E-state index contributed by atoms with van der Waals surface area (Å²) in [6.45, 7) is 1.86. The zero-order valence-corrected chi connectivity index (χ0v) is 14.4. The van der Waals surface area contributed by atoms with Crippen LogP contribution in [0.5, 0.6) is 0 Å². The Morgan fingerprint density at radius 1 is 1.12 bits per heavy atom. The number of nitrogens with one attached hydrogen (secondary N) is 2. The number of nitrogens with two attached hydrogens (primary N) is 1. The largest absolute Gasteiger partial charge is 0.399 e. The van der Waals surface area contributed by atoms with E-state index in [9.17, 15) is 9.59 Å². The van der Waals surface area contributed by atoms with E-state index in [4.69, 9.17) is 10.5 Å². The molecule has 0 aromatic heterocycles. The van der Waals surface area contributed by atoms with Crippen molar-refractivity contribution in [3.8, 4) is 11.1 Å². The van der Waals surface area contributed by atoms with E-state index in [1.807, 2.05) is 48.5 Å². The van der Waals surface area contributed by atoms with Gasteiger partial charge in [0.25, 0.3) is 0 Å². The Hall–Kier alpha value is -2.86. The predicted octanol–water partition coefficient (Wildman–Crippen LogP) is 1.70. The summed E-state index contributed by atoms with van der Waals surface area (Å²) >= 11 is 0. The van der Waals surface area contributed by atoms with E-state index >= 15 is 0 Å². The van der Waals surface area contributed by atoms with Crippen LogP contribution >= 0.6 is 0 Å². The summed E-state index contributed by atoms with van der Waals surface area (Å²) in [5.41, 5.74) is 9.58. The number of benzene rings is 2. The summed E-state index contributed by atoms with van der Waals surface area (Å²) in [6.07, 6.45) is 0. The van der Waals surface area contributed by atoms with E-state index < -0.39 is 6.04 Å². The number of amides is 2. The molecule has 0 spiro atoms. The van der Waals surface area contributed by atoms with Crippen LogP contribution in [0.1, 0.15) is 12.5 Å². The zero-order chi connectivity index (χ0) is 18.2. The molecule has 2 rings (SSSR count). The van der Waals surface area contributed by atoms with Crippen molar-refractivity contribution in [1.82, 2.24) is 10.6 Å². The van der Waals surface area contributed by atoms with Gasteiger partial charge in [-0.15, -0.1) is 0 Å². The van der Waals surface area contributed by atoms with Crippen LogP contribution in [0.15, 0.2) is 48.5 Å². The lowest BCUT2D eigenvalue weighted by Crippen LogP contribution is -2.48. The van der Waals surface area contributed by atoms with Crippen molar-refractivity contribution in [1.29, 1.82) is 0 Å². The highest BCUT2D eigenvalue weighted by atomic mass is 16.5. The van der Waals surface area contributed by atoms with Crippen molar-refractivity contribution in [2.45, 2.75) is 19.5 Å². The second-order valence-electron chi connectivity index (χ2n) is 5.75. The topological polar surface area (TPSA) is 93.4 Å². The lowest BCUT2D eigenvalue weighted by molar-refractivity contribution is -0.129. The summed E-state index contributed by atoms with van der Waals surface area (Å²) in [7, 11) is 1.48. The van der Waals surface area contributed by atoms with E-state index in [0.717, 1.165) is 22.4 Å². The minimum atomic E-state index is -0.700. The van der Waals surface area contributed by atoms with E-state index in [1.165, 1.54) is 14.0 Å². The summed E-state index contributed by atoms with van der Waals surface area (Å²) < 4.78 is 4.97. The standard InChI is InChI=1S/C19H23N3O3/c1-13(23)22-18(12-25-2)19(24)21-11-14-6-8-15(9-7-14)16-4-3-5-17(20)10-16/h3-10,18H,11-12,20H2,1-2H3,(H,21,24)(H,22,23)/t18-/m1/s1. The van der Waals surface area contributed by atoms with Gasteiger partial charge in [-0.2, -0.15) is 0 Å². The van der Waals surface area contributed by atoms with Gasteiger partial charge in [-0.3, -0.25) is 9.59 Å². The molecule has 0 saturated heterocycles. The van der Waals surface area contributed by atoms with Crippen molar-refractivity contribution in [2.75, 3.05) is 19.5 Å². The molecule has 0 saturated carbocycles. The maximum atomic E-state index is 12.1. The summed E-state index contributed by atoms with van der Waals surface area (Å²) in [4.78, 5) is 23.3. The van der Waals surface area contributed by atoms with E-state index in [2.05, 4.69) is 10.6 Å². The smallest absolute Gasteiger partial charge is 0.245 e. The third-order valence-corrected chi connectivity index (χ3v) is 3.67. The van der Waals surface area contributed by atoms with Crippen LogP contribution in [0, 0.1) is 0 Å². The molecule has 25 heavy (non-hydrogen) atoms. The van der Waals surface area contributed by atoms with Gasteiger partial charge in [0.1, 0.15) is 6.04 Å². The fourth-order valence-corrected chi connectivity index (χ4v) is 2.44. The van der Waals surface area contributed by atoms with Crippen LogP contribution in [0.25, 0.3) is 11.1 Å². The molecule has 0 fully saturated rings. The molecule has 2 amide bonds. The molecule has 2 aromatic carbocycles.